The van der Waals surface area contributed by atoms with Gasteiger partial charge in [-0.2, -0.15) is 0 Å². The minimum absolute atomic E-state index is 0.101. The summed E-state index contributed by atoms with van der Waals surface area (Å²) >= 11 is 1.48. The molecule has 0 radical (unpaired) electrons. The lowest BCUT2D eigenvalue weighted by atomic mass is 10.2. The monoisotopic (exact) mass is 503 g/mol. The van der Waals surface area contributed by atoms with Gasteiger partial charge in [0.15, 0.2) is 0 Å². The Morgan fingerprint density at radius 1 is 0.972 bits per heavy atom. The molecule has 4 rings (SSSR count). The quantitative estimate of drug-likeness (QED) is 0.275. The number of nitrogens with one attached hydrogen (secondary N) is 2. The number of methoxy groups -OCH3 is 1. The van der Waals surface area contributed by atoms with Crippen molar-refractivity contribution in [3.63, 3.8) is 0 Å². The summed E-state index contributed by atoms with van der Waals surface area (Å²) in [4.78, 5) is 26.1. The zero-order chi connectivity index (χ0) is 25.3. The normalized spacial score (nSPS) is 10.7. The summed E-state index contributed by atoms with van der Waals surface area (Å²) in [5, 5.41) is 6.99. The molecule has 0 unspecified atom stereocenters. The number of carbonyl (C=O) groups is 2. The van der Waals surface area contributed by atoms with Crippen LogP contribution >= 0.6 is 11.8 Å². The zero-order valence-corrected chi connectivity index (χ0v) is 21.1. The van der Waals surface area contributed by atoms with Crippen molar-refractivity contribution in [2.24, 2.45) is 0 Å². The number of fused-ring (bicyclic) bond motifs is 1. The Morgan fingerprint density at radius 3 is 2.50 bits per heavy atom. The SMILES string of the molecule is CCOc1ccccc1NC(=O)CSc1cn(CCNC(=O)c2ccc(OC)cc2)c2ccccc12. The first-order chi connectivity index (χ1) is 17.6. The molecule has 0 aliphatic rings. The first-order valence-electron chi connectivity index (χ1n) is 11.7. The van der Waals surface area contributed by atoms with E-state index in [4.69, 9.17) is 9.47 Å². The smallest absolute Gasteiger partial charge is 0.251 e. The molecule has 0 aliphatic heterocycles. The number of hydrogen-bond acceptors (Lipinski definition) is 5. The van der Waals surface area contributed by atoms with Crippen molar-refractivity contribution in [3.8, 4) is 11.5 Å². The predicted molar refractivity (Wildman–Crippen MR) is 144 cm³/mol. The van der Waals surface area contributed by atoms with E-state index >= 15 is 0 Å². The van der Waals surface area contributed by atoms with Gasteiger partial charge >= 0.3 is 0 Å². The Labute approximate surface area is 214 Å². The number of carbonyl (C=O) groups excluding carboxylic acids is 2. The highest BCUT2D eigenvalue weighted by Gasteiger charge is 2.13. The van der Waals surface area contributed by atoms with Crippen LogP contribution in [-0.2, 0) is 11.3 Å². The number of rotatable bonds is 11. The number of nitrogens with zero attached hydrogens (tertiary/aromatic N) is 1. The van der Waals surface area contributed by atoms with E-state index in [1.54, 1.807) is 31.4 Å². The lowest BCUT2D eigenvalue weighted by molar-refractivity contribution is -0.113. The number of anilines is 1. The zero-order valence-electron chi connectivity index (χ0n) is 20.3. The number of para-hydroxylation sites is 3. The van der Waals surface area contributed by atoms with Gasteiger partial charge in [0.2, 0.25) is 5.91 Å². The molecule has 0 aliphatic carbocycles. The molecule has 0 saturated heterocycles. The first-order valence-corrected chi connectivity index (χ1v) is 12.7. The second-order valence-electron chi connectivity index (χ2n) is 7.95. The third-order valence-corrected chi connectivity index (χ3v) is 6.61. The van der Waals surface area contributed by atoms with Gasteiger partial charge in [-0.05, 0) is 49.4 Å². The lowest BCUT2D eigenvalue weighted by Gasteiger charge is -2.11. The molecule has 7 nitrogen and oxygen atoms in total. The average molecular weight is 504 g/mol. The number of amides is 2. The van der Waals surface area contributed by atoms with E-state index < -0.39 is 0 Å². The van der Waals surface area contributed by atoms with E-state index in [1.807, 2.05) is 61.7 Å². The maximum atomic E-state index is 12.7. The minimum atomic E-state index is -0.132. The van der Waals surface area contributed by atoms with Gasteiger partial charge in [0, 0.05) is 40.6 Å². The molecule has 8 heteroatoms. The highest BCUT2D eigenvalue weighted by Crippen LogP contribution is 2.30. The summed E-state index contributed by atoms with van der Waals surface area (Å²) in [6.45, 7) is 3.52. The van der Waals surface area contributed by atoms with Crippen LogP contribution in [0.4, 0.5) is 5.69 Å². The Kier molecular flexibility index (Phi) is 8.52. The fraction of sp³-hybridized carbons (Fsp3) is 0.214. The summed E-state index contributed by atoms with van der Waals surface area (Å²) in [7, 11) is 1.59. The third kappa shape index (κ3) is 6.20. The minimum Gasteiger partial charge on any atom is -0.497 e. The molecule has 2 N–H and O–H groups in total. The number of benzene rings is 3. The van der Waals surface area contributed by atoms with Crippen LogP contribution in [0.25, 0.3) is 10.9 Å². The van der Waals surface area contributed by atoms with Crippen LogP contribution in [0.5, 0.6) is 11.5 Å². The number of aromatic nitrogens is 1. The second-order valence-corrected chi connectivity index (χ2v) is 8.97. The predicted octanol–water partition coefficient (Wildman–Crippen LogP) is 5.21. The van der Waals surface area contributed by atoms with Gasteiger partial charge in [-0.3, -0.25) is 9.59 Å². The van der Waals surface area contributed by atoms with E-state index in [-0.39, 0.29) is 17.6 Å². The van der Waals surface area contributed by atoms with Crippen molar-refractivity contribution in [1.82, 2.24) is 9.88 Å². The summed E-state index contributed by atoms with van der Waals surface area (Å²) in [5.74, 6) is 1.40. The van der Waals surface area contributed by atoms with E-state index in [9.17, 15) is 9.59 Å². The summed E-state index contributed by atoms with van der Waals surface area (Å²) in [6, 6.07) is 22.5. The standard InChI is InChI=1S/C28H29N3O4S/c1-3-35-25-11-7-5-9-23(25)30-27(32)19-36-26-18-31(24-10-6-4-8-22(24)26)17-16-29-28(33)20-12-14-21(34-2)15-13-20/h4-15,18H,3,16-17,19H2,1-2H3,(H,29,33)(H,30,32). The van der Waals surface area contributed by atoms with E-state index in [1.165, 1.54) is 11.8 Å². The topological polar surface area (TPSA) is 81.6 Å². The molecule has 1 heterocycles. The van der Waals surface area contributed by atoms with Gasteiger partial charge in [-0.25, -0.2) is 0 Å². The first kappa shape index (κ1) is 25.2. The second kappa shape index (κ2) is 12.2. The van der Waals surface area contributed by atoms with Crippen molar-refractivity contribution >= 4 is 40.2 Å². The van der Waals surface area contributed by atoms with Gasteiger partial charge in [0.1, 0.15) is 11.5 Å². The van der Waals surface area contributed by atoms with Crippen LogP contribution in [0.1, 0.15) is 17.3 Å². The van der Waals surface area contributed by atoms with Crippen molar-refractivity contribution < 1.29 is 19.1 Å². The number of thioether (sulfide) groups is 1. The summed E-state index contributed by atoms with van der Waals surface area (Å²) in [5.41, 5.74) is 2.31. The van der Waals surface area contributed by atoms with E-state index in [0.29, 0.717) is 42.4 Å². The molecule has 36 heavy (non-hydrogen) atoms. The van der Waals surface area contributed by atoms with E-state index in [2.05, 4.69) is 15.2 Å². The van der Waals surface area contributed by atoms with Crippen molar-refractivity contribution in [2.45, 2.75) is 18.4 Å². The van der Waals surface area contributed by atoms with Crippen molar-refractivity contribution in [3.05, 3.63) is 84.6 Å². The number of hydrogen-bond donors (Lipinski definition) is 2. The van der Waals surface area contributed by atoms with Gasteiger partial charge in [-0.1, -0.05) is 30.3 Å². The fourth-order valence-electron chi connectivity index (χ4n) is 3.83. The van der Waals surface area contributed by atoms with Gasteiger partial charge in [-0.15, -0.1) is 11.8 Å². The third-order valence-electron chi connectivity index (χ3n) is 5.56. The van der Waals surface area contributed by atoms with Crippen molar-refractivity contribution in [2.75, 3.05) is 31.3 Å². The van der Waals surface area contributed by atoms with Crippen LogP contribution in [0.2, 0.25) is 0 Å². The van der Waals surface area contributed by atoms with Crippen LogP contribution in [0.15, 0.2) is 83.9 Å². The maximum Gasteiger partial charge on any atom is 0.251 e. The molecule has 0 atom stereocenters. The van der Waals surface area contributed by atoms with Crippen LogP contribution in [0, 0.1) is 0 Å². The summed E-state index contributed by atoms with van der Waals surface area (Å²) < 4.78 is 12.8. The van der Waals surface area contributed by atoms with Gasteiger partial charge in [0.25, 0.3) is 5.91 Å². The molecule has 1 aromatic heterocycles. The van der Waals surface area contributed by atoms with E-state index in [0.717, 1.165) is 15.8 Å². The fourth-order valence-corrected chi connectivity index (χ4v) is 4.72. The van der Waals surface area contributed by atoms with Gasteiger partial charge in [0.05, 0.1) is 25.2 Å². The highest BCUT2D eigenvalue weighted by atomic mass is 32.2. The average Bonchev–Trinajstić information content (AvgIpc) is 3.26. The maximum absolute atomic E-state index is 12.7. The Hall–Kier alpha value is -3.91. The molecule has 186 valence electrons. The molecular weight excluding hydrogens is 474 g/mol. The van der Waals surface area contributed by atoms with Gasteiger partial charge < -0.3 is 24.7 Å². The van der Waals surface area contributed by atoms with Crippen molar-refractivity contribution in [1.29, 1.82) is 0 Å². The van der Waals surface area contributed by atoms with Crippen LogP contribution in [0.3, 0.4) is 0 Å². The largest absolute Gasteiger partial charge is 0.497 e. The Bertz CT molecular complexity index is 1330. The highest BCUT2D eigenvalue weighted by molar-refractivity contribution is 8.00. The molecule has 2 amide bonds. The number of ether oxygens (including phenoxy) is 2. The summed E-state index contributed by atoms with van der Waals surface area (Å²) in [6.07, 6.45) is 2.04. The van der Waals surface area contributed by atoms with Crippen LogP contribution in [-0.4, -0.2) is 42.4 Å². The molecule has 0 spiro atoms. The molecule has 4 aromatic rings. The lowest BCUT2D eigenvalue weighted by Crippen LogP contribution is -2.27. The molecule has 0 bridgehead atoms. The van der Waals surface area contributed by atoms with Crippen LogP contribution < -0.4 is 20.1 Å². The molecule has 0 saturated carbocycles. The Balaban J connectivity index is 1.37. The molecular formula is C28H29N3O4S. The molecule has 3 aromatic carbocycles. The Morgan fingerprint density at radius 2 is 1.72 bits per heavy atom. The molecule has 0 fully saturated rings.